The van der Waals surface area contributed by atoms with Crippen LogP contribution >= 0.6 is 27.7 Å². The van der Waals surface area contributed by atoms with Crippen molar-refractivity contribution in [3.8, 4) is 22.8 Å². The van der Waals surface area contributed by atoms with Crippen LogP contribution in [0.15, 0.2) is 82.4 Å². The van der Waals surface area contributed by atoms with Crippen LogP contribution in [0.2, 0.25) is 0 Å². The van der Waals surface area contributed by atoms with E-state index in [1.54, 1.807) is 7.11 Å². The Bertz CT molecular complexity index is 1220. The van der Waals surface area contributed by atoms with Gasteiger partial charge in [0.25, 0.3) is 0 Å². The van der Waals surface area contributed by atoms with Gasteiger partial charge in [-0.15, -0.1) is 10.2 Å². The molecule has 1 amide bonds. The molecule has 0 saturated carbocycles. The molecule has 32 heavy (non-hydrogen) atoms. The second-order valence-corrected chi connectivity index (χ2v) is 8.91. The molecule has 0 aliphatic rings. The highest BCUT2D eigenvalue weighted by Gasteiger charge is 2.17. The molecule has 0 radical (unpaired) electrons. The molecule has 4 aromatic rings. The van der Waals surface area contributed by atoms with E-state index in [9.17, 15) is 4.79 Å². The highest BCUT2D eigenvalue weighted by molar-refractivity contribution is 9.10. The fraction of sp³-hybridized carbons (Fsp3) is 0.125. The number of hydrogen-bond acceptors (Lipinski definition) is 5. The third-order valence-electron chi connectivity index (χ3n) is 4.71. The number of anilines is 1. The van der Waals surface area contributed by atoms with Crippen molar-refractivity contribution in [2.75, 3.05) is 18.2 Å². The van der Waals surface area contributed by atoms with Crippen molar-refractivity contribution in [1.82, 2.24) is 14.8 Å². The minimum absolute atomic E-state index is 0.116. The van der Waals surface area contributed by atoms with Gasteiger partial charge < -0.3 is 10.1 Å². The maximum Gasteiger partial charge on any atom is 0.234 e. The quantitative estimate of drug-likeness (QED) is 0.322. The molecule has 4 rings (SSSR count). The van der Waals surface area contributed by atoms with E-state index in [0.29, 0.717) is 11.0 Å². The minimum atomic E-state index is -0.116. The predicted octanol–water partition coefficient (Wildman–Crippen LogP) is 5.74. The van der Waals surface area contributed by atoms with Crippen molar-refractivity contribution in [2.24, 2.45) is 0 Å². The Hall–Kier alpha value is -3.10. The molecule has 8 heteroatoms. The molecule has 0 saturated heterocycles. The molecule has 0 aliphatic carbocycles. The number of nitrogens with zero attached hydrogens (tertiary/aromatic N) is 3. The highest BCUT2D eigenvalue weighted by Crippen LogP contribution is 2.29. The summed E-state index contributed by atoms with van der Waals surface area (Å²) < 4.78 is 8.15. The van der Waals surface area contributed by atoms with Crippen LogP contribution < -0.4 is 10.1 Å². The number of carbonyl (C=O) groups is 1. The fourth-order valence-electron chi connectivity index (χ4n) is 3.11. The lowest BCUT2D eigenvalue weighted by molar-refractivity contribution is -0.113. The molecule has 1 N–H and O–H groups in total. The number of benzene rings is 3. The minimum Gasteiger partial charge on any atom is -0.497 e. The van der Waals surface area contributed by atoms with Crippen LogP contribution in [0.1, 0.15) is 5.56 Å². The third kappa shape index (κ3) is 5.20. The van der Waals surface area contributed by atoms with Crippen LogP contribution in [0.3, 0.4) is 0 Å². The van der Waals surface area contributed by atoms with E-state index in [4.69, 9.17) is 4.74 Å². The number of rotatable bonds is 7. The maximum absolute atomic E-state index is 12.5. The summed E-state index contributed by atoms with van der Waals surface area (Å²) >= 11 is 4.75. The second-order valence-electron chi connectivity index (χ2n) is 7.05. The Kier molecular flexibility index (Phi) is 6.92. The standard InChI is InChI=1S/C24H21BrN4O2S/c1-16-6-8-17(9-7-16)23-27-28-24(29(23)20-10-12-21(31-2)13-11-20)32-15-22(30)26-19-5-3-4-18(25)14-19/h3-14H,15H2,1-2H3,(H,26,30). The number of methoxy groups -OCH3 is 1. The lowest BCUT2D eigenvalue weighted by Gasteiger charge is -2.11. The van der Waals surface area contributed by atoms with Gasteiger partial charge >= 0.3 is 0 Å². The van der Waals surface area contributed by atoms with Crippen molar-refractivity contribution < 1.29 is 9.53 Å². The highest BCUT2D eigenvalue weighted by atomic mass is 79.9. The summed E-state index contributed by atoms with van der Waals surface area (Å²) in [5.74, 6) is 1.56. The Labute approximate surface area is 199 Å². The number of carbonyl (C=O) groups excluding carboxylic acids is 1. The summed E-state index contributed by atoms with van der Waals surface area (Å²) in [7, 11) is 1.64. The molecule has 0 unspecified atom stereocenters. The molecule has 0 aliphatic heterocycles. The number of ether oxygens (including phenoxy) is 1. The largest absolute Gasteiger partial charge is 0.497 e. The van der Waals surface area contributed by atoms with Gasteiger partial charge in [0.2, 0.25) is 5.91 Å². The summed E-state index contributed by atoms with van der Waals surface area (Å²) in [6.45, 7) is 2.04. The van der Waals surface area contributed by atoms with E-state index < -0.39 is 0 Å². The first-order valence-electron chi connectivity index (χ1n) is 9.88. The van der Waals surface area contributed by atoms with Gasteiger partial charge in [-0.3, -0.25) is 9.36 Å². The van der Waals surface area contributed by atoms with Gasteiger partial charge in [-0.05, 0) is 49.4 Å². The zero-order chi connectivity index (χ0) is 22.5. The number of nitrogens with one attached hydrogen (secondary N) is 1. The molecule has 0 spiro atoms. The van der Waals surface area contributed by atoms with Crippen molar-refractivity contribution >= 4 is 39.3 Å². The van der Waals surface area contributed by atoms with Crippen LogP contribution in [-0.2, 0) is 4.79 Å². The summed E-state index contributed by atoms with van der Waals surface area (Å²) in [5, 5.41) is 12.4. The van der Waals surface area contributed by atoms with Crippen molar-refractivity contribution in [2.45, 2.75) is 12.1 Å². The van der Waals surface area contributed by atoms with Gasteiger partial charge in [0.15, 0.2) is 11.0 Å². The molecule has 0 atom stereocenters. The molecule has 1 heterocycles. The number of thioether (sulfide) groups is 1. The third-order valence-corrected chi connectivity index (χ3v) is 6.14. The predicted molar refractivity (Wildman–Crippen MR) is 132 cm³/mol. The van der Waals surface area contributed by atoms with Crippen LogP contribution in [0.5, 0.6) is 5.75 Å². The van der Waals surface area contributed by atoms with Gasteiger partial charge in [0.1, 0.15) is 5.75 Å². The van der Waals surface area contributed by atoms with Gasteiger partial charge in [-0.1, -0.05) is 63.6 Å². The molecule has 1 aromatic heterocycles. The van der Waals surface area contributed by atoms with E-state index in [2.05, 4.69) is 31.4 Å². The molecule has 6 nitrogen and oxygen atoms in total. The zero-order valence-corrected chi connectivity index (χ0v) is 20.0. The Morgan fingerprint density at radius 3 is 2.50 bits per heavy atom. The SMILES string of the molecule is COc1ccc(-n2c(SCC(=O)Nc3cccc(Br)c3)nnc2-c2ccc(C)cc2)cc1. The summed E-state index contributed by atoms with van der Waals surface area (Å²) in [4.78, 5) is 12.5. The van der Waals surface area contributed by atoms with E-state index in [1.165, 1.54) is 17.3 Å². The molecular weight excluding hydrogens is 488 g/mol. The average molecular weight is 509 g/mol. The van der Waals surface area contributed by atoms with Gasteiger partial charge in [0, 0.05) is 21.4 Å². The van der Waals surface area contributed by atoms with E-state index in [1.807, 2.05) is 84.3 Å². The van der Waals surface area contributed by atoms with Gasteiger partial charge in [-0.25, -0.2) is 0 Å². The van der Waals surface area contributed by atoms with Crippen LogP contribution in [0.25, 0.3) is 17.1 Å². The van der Waals surface area contributed by atoms with E-state index >= 15 is 0 Å². The number of hydrogen-bond donors (Lipinski definition) is 1. The summed E-state index contributed by atoms with van der Waals surface area (Å²) in [6.07, 6.45) is 0. The Balaban J connectivity index is 1.61. The normalized spacial score (nSPS) is 10.7. The molecule has 0 fully saturated rings. The topological polar surface area (TPSA) is 69.0 Å². The molecular formula is C24H21BrN4O2S. The first-order chi connectivity index (χ1) is 15.5. The lowest BCUT2D eigenvalue weighted by atomic mass is 10.1. The maximum atomic E-state index is 12.5. The molecule has 162 valence electrons. The second kappa shape index (κ2) is 10.0. The average Bonchev–Trinajstić information content (AvgIpc) is 3.22. The Morgan fingerprint density at radius 2 is 1.81 bits per heavy atom. The smallest absolute Gasteiger partial charge is 0.234 e. The van der Waals surface area contributed by atoms with Crippen molar-refractivity contribution in [3.05, 3.63) is 82.8 Å². The van der Waals surface area contributed by atoms with Crippen LogP contribution in [0.4, 0.5) is 5.69 Å². The number of aryl methyl sites for hydroxylation is 1. The van der Waals surface area contributed by atoms with Crippen molar-refractivity contribution in [3.63, 3.8) is 0 Å². The first kappa shape index (κ1) is 22.1. The van der Waals surface area contributed by atoms with Crippen LogP contribution in [0, 0.1) is 6.92 Å². The Morgan fingerprint density at radius 1 is 1.06 bits per heavy atom. The van der Waals surface area contributed by atoms with Crippen molar-refractivity contribution in [1.29, 1.82) is 0 Å². The molecule has 0 bridgehead atoms. The summed E-state index contributed by atoms with van der Waals surface area (Å²) in [6, 6.07) is 23.3. The van der Waals surface area contributed by atoms with Gasteiger partial charge in [-0.2, -0.15) is 0 Å². The fourth-order valence-corrected chi connectivity index (χ4v) is 4.26. The zero-order valence-electron chi connectivity index (χ0n) is 17.6. The van der Waals surface area contributed by atoms with Gasteiger partial charge in [0.05, 0.1) is 12.9 Å². The summed E-state index contributed by atoms with van der Waals surface area (Å²) in [5.41, 5.74) is 3.75. The monoisotopic (exact) mass is 508 g/mol. The molecule has 3 aromatic carbocycles. The lowest BCUT2D eigenvalue weighted by Crippen LogP contribution is -2.14. The number of halogens is 1. The number of aromatic nitrogens is 3. The van der Waals surface area contributed by atoms with E-state index in [0.717, 1.165) is 27.2 Å². The number of amides is 1. The van der Waals surface area contributed by atoms with E-state index in [-0.39, 0.29) is 11.7 Å². The van der Waals surface area contributed by atoms with Crippen LogP contribution in [-0.4, -0.2) is 33.5 Å². The first-order valence-corrected chi connectivity index (χ1v) is 11.7.